The molecule has 3 atom stereocenters. The third-order valence-electron chi connectivity index (χ3n) is 7.53. The Balaban J connectivity index is 1.46. The number of carbonyl (C=O) groups excluding carboxylic acids is 1. The first kappa shape index (κ1) is 22.8. The molecule has 1 aliphatic carbocycles. The molecule has 3 heterocycles. The van der Waals surface area contributed by atoms with Crippen LogP contribution in [-0.2, 0) is 12.6 Å². The minimum atomic E-state index is -4.44. The fourth-order valence-electron chi connectivity index (χ4n) is 5.97. The van der Waals surface area contributed by atoms with Gasteiger partial charge in [-0.15, -0.1) is 0 Å². The molecule has 0 spiro atoms. The maximum Gasteiger partial charge on any atom is 0.416 e. The molecule has 0 radical (unpaired) electrons. The van der Waals surface area contributed by atoms with Crippen molar-refractivity contribution in [3.63, 3.8) is 0 Å². The van der Waals surface area contributed by atoms with E-state index in [4.69, 9.17) is 5.73 Å². The van der Waals surface area contributed by atoms with E-state index in [1.54, 1.807) is 9.30 Å². The number of imidazole rings is 1. The quantitative estimate of drug-likeness (QED) is 0.357. The van der Waals surface area contributed by atoms with Gasteiger partial charge in [-0.05, 0) is 60.4 Å². The molecule has 2 aromatic carbocycles. The monoisotopic (exact) mass is 497 g/mol. The number of alkyl halides is 3. The number of nitrogens with two attached hydrogens (primary N) is 1. The normalized spacial score (nSPS) is 22.0. The first-order valence-corrected chi connectivity index (χ1v) is 11.8. The van der Waals surface area contributed by atoms with Crippen molar-refractivity contribution in [1.29, 1.82) is 0 Å². The molecule has 1 amide bonds. The lowest BCUT2D eigenvalue weighted by atomic mass is 9.72. The molecule has 1 saturated heterocycles. The van der Waals surface area contributed by atoms with Gasteiger partial charge in [-0.3, -0.25) is 9.20 Å². The van der Waals surface area contributed by atoms with Crippen LogP contribution in [0.5, 0.6) is 0 Å². The summed E-state index contributed by atoms with van der Waals surface area (Å²) in [6.45, 7) is 2.43. The number of hydrogen-bond acceptors (Lipinski definition) is 4. The number of benzene rings is 2. The highest BCUT2D eigenvalue weighted by Crippen LogP contribution is 2.47. The van der Waals surface area contributed by atoms with Crippen molar-refractivity contribution in [1.82, 2.24) is 19.3 Å². The maximum absolute atomic E-state index is 15.3. The van der Waals surface area contributed by atoms with Crippen molar-refractivity contribution in [2.45, 2.75) is 38.4 Å². The van der Waals surface area contributed by atoms with E-state index in [0.717, 1.165) is 12.5 Å². The number of aromatic nitrogens is 3. The summed E-state index contributed by atoms with van der Waals surface area (Å²) in [5.41, 5.74) is 7.78. The number of halogens is 4. The maximum atomic E-state index is 15.3. The largest absolute Gasteiger partial charge is 0.416 e. The molecule has 2 aliphatic rings. The lowest BCUT2D eigenvalue weighted by molar-refractivity contribution is -0.137. The lowest BCUT2D eigenvalue weighted by Gasteiger charge is -2.47. The van der Waals surface area contributed by atoms with Gasteiger partial charge in [0.2, 0.25) is 0 Å². The van der Waals surface area contributed by atoms with Crippen LogP contribution in [0.15, 0.2) is 42.9 Å². The van der Waals surface area contributed by atoms with Crippen molar-refractivity contribution >= 4 is 28.3 Å². The van der Waals surface area contributed by atoms with Crippen molar-refractivity contribution in [2.75, 3.05) is 12.3 Å². The number of likely N-dealkylation sites (tertiary alicyclic amines) is 1. The Labute approximate surface area is 203 Å². The summed E-state index contributed by atoms with van der Waals surface area (Å²) in [4.78, 5) is 23.9. The van der Waals surface area contributed by atoms with E-state index in [9.17, 15) is 18.0 Å². The van der Waals surface area contributed by atoms with Crippen molar-refractivity contribution in [3.8, 4) is 0 Å². The summed E-state index contributed by atoms with van der Waals surface area (Å²) < 4.78 is 56.9. The summed E-state index contributed by atoms with van der Waals surface area (Å²) in [5, 5.41) is 0. The zero-order valence-corrected chi connectivity index (χ0v) is 19.4. The first-order valence-electron chi connectivity index (χ1n) is 11.8. The van der Waals surface area contributed by atoms with Gasteiger partial charge in [0.25, 0.3) is 5.91 Å². The second-order valence-corrected chi connectivity index (χ2v) is 9.92. The molecular formula is C26H23F4N5O. The predicted octanol–water partition coefficient (Wildman–Crippen LogP) is 5.41. The number of nitrogen functional groups attached to an aromatic ring is 1. The average Bonchev–Trinajstić information content (AvgIpc) is 3.32. The van der Waals surface area contributed by atoms with Crippen LogP contribution in [0.1, 0.15) is 52.9 Å². The molecule has 186 valence electrons. The van der Waals surface area contributed by atoms with Crippen LogP contribution in [0.2, 0.25) is 0 Å². The molecular weight excluding hydrogens is 474 g/mol. The van der Waals surface area contributed by atoms with Crippen molar-refractivity contribution in [2.24, 2.45) is 11.8 Å². The number of anilines is 1. The van der Waals surface area contributed by atoms with E-state index in [1.807, 2.05) is 6.92 Å². The number of carbonyl (C=O) groups is 1. The molecule has 1 fully saturated rings. The number of nitrogens with zero attached hydrogens (tertiary/aromatic N) is 4. The zero-order valence-electron chi connectivity index (χ0n) is 19.4. The Morgan fingerprint density at radius 3 is 2.75 bits per heavy atom. The SMILES string of the molecule is C[C@@H]1C[C@@H]2CCc3cc(C(F)(F)F)ccc3[C@@H]2N(C(=O)c2cc3c(cc2F)nc(N)c2cncn23)C1. The minimum absolute atomic E-state index is 0.0901. The highest BCUT2D eigenvalue weighted by Gasteiger charge is 2.43. The van der Waals surface area contributed by atoms with Crippen LogP contribution in [-0.4, -0.2) is 31.7 Å². The van der Waals surface area contributed by atoms with Crippen LogP contribution in [0.25, 0.3) is 16.6 Å². The fraction of sp³-hybridized carbons (Fsp3) is 0.346. The predicted molar refractivity (Wildman–Crippen MR) is 126 cm³/mol. The number of aryl methyl sites for hydroxylation is 1. The summed E-state index contributed by atoms with van der Waals surface area (Å²) in [6, 6.07) is 5.99. The molecule has 2 N–H and O–H groups in total. The number of amides is 1. The lowest BCUT2D eigenvalue weighted by Crippen LogP contribution is -2.47. The molecule has 1 aliphatic heterocycles. The van der Waals surface area contributed by atoms with Gasteiger partial charge >= 0.3 is 6.18 Å². The Kier molecular flexibility index (Phi) is 5.00. The van der Waals surface area contributed by atoms with Crippen LogP contribution in [0.4, 0.5) is 23.4 Å². The van der Waals surface area contributed by atoms with Crippen LogP contribution >= 0.6 is 0 Å². The highest BCUT2D eigenvalue weighted by atomic mass is 19.4. The number of rotatable bonds is 1. The van der Waals surface area contributed by atoms with E-state index in [1.165, 1.54) is 36.8 Å². The minimum Gasteiger partial charge on any atom is -0.382 e. The molecule has 2 aromatic heterocycles. The third-order valence-corrected chi connectivity index (χ3v) is 7.53. The van der Waals surface area contributed by atoms with Gasteiger partial charge in [-0.2, -0.15) is 13.2 Å². The standard InChI is InChI=1S/C26H23F4N5O/c1-13-6-15-3-2-14-7-16(26(28,29)30)4-5-17(14)23(15)34(11-13)25(36)18-8-21-20(9-19(18)27)33-24(31)22-10-32-12-35(21)22/h4-5,7-10,12-13,15,23H,2-3,6,11H2,1H3,(H2,31,33)/t13-,15+,23-/m1/s1. The molecule has 4 aromatic rings. The number of hydrogen-bond donors (Lipinski definition) is 1. The molecule has 0 unspecified atom stereocenters. The van der Waals surface area contributed by atoms with Crippen LogP contribution in [0, 0.1) is 17.7 Å². The second-order valence-electron chi connectivity index (χ2n) is 9.92. The van der Waals surface area contributed by atoms with Gasteiger partial charge in [0.1, 0.15) is 17.2 Å². The van der Waals surface area contributed by atoms with Crippen LogP contribution in [0.3, 0.4) is 0 Å². The van der Waals surface area contributed by atoms with E-state index in [0.29, 0.717) is 47.1 Å². The molecule has 6 rings (SSSR count). The molecule has 10 heteroatoms. The fourth-order valence-corrected chi connectivity index (χ4v) is 5.97. The zero-order chi connectivity index (χ0) is 25.4. The smallest absolute Gasteiger partial charge is 0.382 e. The summed E-state index contributed by atoms with van der Waals surface area (Å²) >= 11 is 0. The number of piperidine rings is 1. The van der Waals surface area contributed by atoms with Gasteiger partial charge in [-0.1, -0.05) is 13.0 Å². The van der Waals surface area contributed by atoms with E-state index in [-0.39, 0.29) is 23.2 Å². The average molecular weight is 497 g/mol. The van der Waals surface area contributed by atoms with Gasteiger partial charge < -0.3 is 10.6 Å². The second kappa shape index (κ2) is 7.91. The number of fused-ring (bicyclic) bond motifs is 6. The van der Waals surface area contributed by atoms with E-state index >= 15 is 4.39 Å². The summed E-state index contributed by atoms with van der Waals surface area (Å²) in [5.74, 6) is -0.752. The van der Waals surface area contributed by atoms with E-state index in [2.05, 4.69) is 9.97 Å². The Morgan fingerprint density at radius 2 is 1.97 bits per heavy atom. The topological polar surface area (TPSA) is 76.5 Å². The summed E-state index contributed by atoms with van der Waals surface area (Å²) in [7, 11) is 0. The first-order chi connectivity index (χ1) is 17.1. The third kappa shape index (κ3) is 3.50. The van der Waals surface area contributed by atoms with Gasteiger partial charge in [0.05, 0.1) is 40.7 Å². The Hall–Kier alpha value is -3.69. The Bertz CT molecular complexity index is 1530. The molecule has 0 bridgehead atoms. The van der Waals surface area contributed by atoms with E-state index < -0.39 is 29.5 Å². The van der Waals surface area contributed by atoms with Gasteiger partial charge in [0.15, 0.2) is 0 Å². The highest BCUT2D eigenvalue weighted by molar-refractivity contribution is 5.99. The van der Waals surface area contributed by atoms with Gasteiger partial charge in [-0.25, -0.2) is 14.4 Å². The van der Waals surface area contributed by atoms with Gasteiger partial charge in [0, 0.05) is 12.6 Å². The molecule has 0 saturated carbocycles. The summed E-state index contributed by atoms with van der Waals surface area (Å²) in [6.07, 6.45) is 0.673. The van der Waals surface area contributed by atoms with Crippen molar-refractivity contribution in [3.05, 3.63) is 70.9 Å². The Morgan fingerprint density at radius 1 is 1.17 bits per heavy atom. The molecule has 6 nitrogen and oxygen atoms in total. The molecule has 36 heavy (non-hydrogen) atoms. The van der Waals surface area contributed by atoms with Crippen LogP contribution < -0.4 is 5.73 Å². The van der Waals surface area contributed by atoms with Crippen molar-refractivity contribution < 1.29 is 22.4 Å².